The highest BCUT2D eigenvalue weighted by Crippen LogP contribution is 2.31. The SMILES string of the molecule is CN(C)C1CCC(Nc2nc(Nc3cc(Cl)cc(Cl)c3)ncc2-c2cnn(C)c2)CC1. The number of benzene rings is 1. The van der Waals surface area contributed by atoms with Gasteiger partial charge >= 0.3 is 0 Å². The maximum Gasteiger partial charge on any atom is 0.229 e. The van der Waals surface area contributed by atoms with Gasteiger partial charge in [0.15, 0.2) is 0 Å². The Bertz CT molecular complexity index is 1020. The second kappa shape index (κ2) is 9.42. The number of aromatic nitrogens is 4. The smallest absolute Gasteiger partial charge is 0.229 e. The molecule has 2 aromatic heterocycles. The third-order valence-electron chi connectivity index (χ3n) is 5.69. The van der Waals surface area contributed by atoms with Crippen LogP contribution in [-0.4, -0.2) is 50.8 Å². The lowest BCUT2D eigenvalue weighted by molar-refractivity contribution is 0.221. The Morgan fingerprint density at radius 2 is 1.74 bits per heavy atom. The molecule has 1 aliphatic carbocycles. The highest BCUT2D eigenvalue weighted by atomic mass is 35.5. The summed E-state index contributed by atoms with van der Waals surface area (Å²) in [6.45, 7) is 0. The third kappa shape index (κ3) is 5.47. The van der Waals surface area contributed by atoms with E-state index in [4.69, 9.17) is 28.2 Å². The van der Waals surface area contributed by atoms with Crippen LogP contribution in [0.4, 0.5) is 17.5 Å². The second-order valence-corrected chi connectivity index (χ2v) is 9.13. The van der Waals surface area contributed by atoms with Crippen molar-refractivity contribution in [2.24, 2.45) is 7.05 Å². The number of halogens is 2. The zero-order valence-electron chi connectivity index (χ0n) is 17.9. The Hall–Kier alpha value is -2.35. The van der Waals surface area contributed by atoms with E-state index < -0.39 is 0 Å². The lowest BCUT2D eigenvalue weighted by Gasteiger charge is -2.33. The number of nitrogens with one attached hydrogen (secondary N) is 2. The van der Waals surface area contributed by atoms with E-state index in [1.807, 2.05) is 25.6 Å². The number of nitrogens with zero attached hydrogens (tertiary/aromatic N) is 5. The monoisotopic (exact) mass is 459 g/mol. The molecule has 1 aliphatic rings. The van der Waals surface area contributed by atoms with Crippen molar-refractivity contribution in [3.05, 3.63) is 46.8 Å². The molecule has 0 bridgehead atoms. The summed E-state index contributed by atoms with van der Waals surface area (Å²) in [6.07, 6.45) is 10.2. The van der Waals surface area contributed by atoms with Crippen molar-refractivity contribution >= 4 is 40.7 Å². The predicted molar refractivity (Wildman–Crippen MR) is 127 cm³/mol. The average molecular weight is 460 g/mol. The maximum atomic E-state index is 6.13. The van der Waals surface area contributed by atoms with E-state index in [0.29, 0.717) is 28.1 Å². The summed E-state index contributed by atoms with van der Waals surface area (Å²) in [4.78, 5) is 11.6. The average Bonchev–Trinajstić information content (AvgIpc) is 3.14. The van der Waals surface area contributed by atoms with Crippen LogP contribution in [0.3, 0.4) is 0 Å². The molecule has 2 N–H and O–H groups in total. The Balaban J connectivity index is 1.59. The van der Waals surface area contributed by atoms with Crippen molar-refractivity contribution in [2.45, 2.75) is 37.8 Å². The van der Waals surface area contributed by atoms with E-state index in [2.05, 4.69) is 39.7 Å². The Kier molecular flexibility index (Phi) is 6.65. The van der Waals surface area contributed by atoms with Gasteiger partial charge in [0.25, 0.3) is 0 Å². The first-order valence-corrected chi connectivity index (χ1v) is 11.1. The fourth-order valence-corrected chi connectivity index (χ4v) is 4.53. The van der Waals surface area contributed by atoms with Gasteiger partial charge in [-0.25, -0.2) is 4.98 Å². The lowest BCUT2D eigenvalue weighted by atomic mass is 9.90. The zero-order valence-corrected chi connectivity index (χ0v) is 19.5. The van der Waals surface area contributed by atoms with Gasteiger partial charge in [0.05, 0.1) is 6.20 Å². The molecule has 164 valence electrons. The first-order valence-electron chi connectivity index (χ1n) is 10.4. The van der Waals surface area contributed by atoms with Gasteiger partial charge < -0.3 is 15.5 Å². The minimum atomic E-state index is 0.370. The highest BCUT2D eigenvalue weighted by Gasteiger charge is 2.24. The van der Waals surface area contributed by atoms with Gasteiger partial charge in [-0.1, -0.05) is 23.2 Å². The minimum absolute atomic E-state index is 0.370. The molecule has 0 amide bonds. The van der Waals surface area contributed by atoms with Crippen LogP contribution in [0.25, 0.3) is 11.1 Å². The van der Waals surface area contributed by atoms with Gasteiger partial charge in [-0.2, -0.15) is 10.1 Å². The van der Waals surface area contributed by atoms with Gasteiger partial charge in [-0.05, 0) is 58.0 Å². The number of hydrogen-bond donors (Lipinski definition) is 2. The van der Waals surface area contributed by atoms with Gasteiger partial charge in [0.1, 0.15) is 5.82 Å². The van der Waals surface area contributed by atoms with E-state index in [0.717, 1.165) is 35.5 Å². The third-order valence-corrected chi connectivity index (χ3v) is 6.13. The first-order chi connectivity index (χ1) is 14.9. The summed E-state index contributed by atoms with van der Waals surface area (Å²) in [5, 5.41) is 12.3. The highest BCUT2D eigenvalue weighted by molar-refractivity contribution is 6.35. The molecule has 0 saturated heterocycles. The summed E-state index contributed by atoms with van der Waals surface area (Å²) in [6, 6.07) is 6.29. The summed E-state index contributed by atoms with van der Waals surface area (Å²) in [7, 11) is 6.21. The summed E-state index contributed by atoms with van der Waals surface area (Å²) < 4.78 is 1.78. The molecule has 0 unspecified atom stereocenters. The molecule has 0 aliphatic heterocycles. The number of rotatable bonds is 6. The van der Waals surface area contributed by atoms with Crippen LogP contribution < -0.4 is 10.6 Å². The van der Waals surface area contributed by atoms with Crippen LogP contribution >= 0.6 is 23.2 Å². The first kappa shape index (κ1) is 21.9. The van der Waals surface area contributed by atoms with E-state index in [9.17, 15) is 0 Å². The van der Waals surface area contributed by atoms with Crippen molar-refractivity contribution in [1.82, 2.24) is 24.6 Å². The van der Waals surface area contributed by atoms with Gasteiger partial charge in [0.2, 0.25) is 5.95 Å². The van der Waals surface area contributed by atoms with Crippen LogP contribution in [-0.2, 0) is 7.05 Å². The molecular weight excluding hydrogens is 433 g/mol. The van der Waals surface area contributed by atoms with Crippen molar-refractivity contribution in [3.8, 4) is 11.1 Å². The van der Waals surface area contributed by atoms with Crippen molar-refractivity contribution < 1.29 is 0 Å². The van der Waals surface area contributed by atoms with Crippen molar-refractivity contribution in [1.29, 1.82) is 0 Å². The Morgan fingerprint density at radius 1 is 1.03 bits per heavy atom. The van der Waals surface area contributed by atoms with Crippen LogP contribution in [0.1, 0.15) is 25.7 Å². The molecule has 31 heavy (non-hydrogen) atoms. The topological polar surface area (TPSA) is 70.9 Å². The van der Waals surface area contributed by atoms with Crippen LogP contribution in [0, 0.1) is 0 Å². The molecule has 4 rings (SSSR count). The summed E-state index contributed by atoms with van der Waals surface area (Å²) >= 11 is 12.3. The standard InChI is InChI=1S/C22H27Cl2N7/c1-30(2)19-6-4-17(5-7-19)27-21-20(14-11-26-31(3)13-14)12-25-22(29-21)28-18-9-15(23)8-16(24)10-18/h8-13,17,19H,4-7H2,1-3H3,(H2,25,27,28,29). The van der Waals surface area contributed by atoms with Crippen molar-refractivity contribution in [3.63, 3.8) is 0 Å². The van der Waals surface area contributed by atoms with Crippen LogP contribution in [0.15, 0.2) is 36.8 Å². The number of hydrogen-bond acceptors (Lipinski definition) is 6. The van der Waals surface area contributed by atoms with Gasteiger partial charge in [-0.15, -0.1) is 0 Å². The predicted octanol–water partition coefficient (Wildman–Crippen LogP) is 5.21. The maximum absolute atomic E-state index is 6.13. The van der Waals surface area contributed by atoms with Crippen molar-refractivity contribution in [2.75, 3.05) is 24.7 Å². The molecule has 9 heteroatoms. The fourth-order valence-electron chi connectivity index (χ4n) is 4.01. The second-order valence-electron chi connectivity index (χ2n) is 8.26. The molecule has 0 radical (unpaired) electrons. The van der Waals surface area contributed by atoms with Crippen LogP contribution in [0.2, 0.25) is 10.0 Å². The van der Waals surface area contributed by atoms with E-state index in [-0.39, 0.29) is 0 Å². The Labute approximate surface area is 192 Å². The molecule has 0 atom stereocenters. The molecule has 1 fully saturated rings. The summed E-state index contributed by atoms with van der Waals surface area (Å²) in [5.41, 5.74) is 2.64. The fraction of sp³-hybridized carbons (Fsp3) is 0.409. The number of aryl methyl sites for hydroxylation is 1. The lowest BCUT2D eigenvalue weighted by Crippen LogP contribution is -2.36. The molecule has 0 spiro atoms. The summed E-state index contributed by atoms with van der Waals surface area (Å²) in [5.74, 6) is 1.28. The van der Waals surface area contributed by atoms with Crippen LogP contribution in [0.5, 0.6) is 0 Å². The molecule has 7 nitrogen and oxygen atoms in total. The molecule has 2 heterocycles. The Morgan fingerprint density at radius 3 is 2.35 bits per heavy atom. The largest absolute Gasteiger partial charge is 0.367 e. The van der Waals surface area contributed by atoms with E-state index >= 15 is 0 Å². The van der Waals surface area contributed by atoms with Gasteiger partial charge in [0, 0.05) is 58.4 Å². The quantitative estimate of drug-likeness (QED) is 0.526. The normalized spacial score (nSPS) is 18.9. The number of anilines is 3. The zero-order chi connectivity index (χ0) is 22.0. The van der Waals surface area contributed by atoms with E-state index in [1.165, 1.54) is 12.8 Å². The molecule has 1 saturated carbocycles. The van der Waals surface area contributed by atoms with Gasteiger partial charge in [-0.3, -0.25) is 4.68 Å². The molecule has 3 aromatic rings. The minimum Gasteiger partial charge on any atom is -0.367 e. The molecule has 1 aromatic carbocycles. The molecular formula is C22H27Cl2N7. The van der Waals surface area contributed by atoms with E-state index in [1.54, 1.807) is 22.9 Å².